The second-order valence-electron chi connectivity index (χ2n) is 6.47. The van der Waals surface area contributed by atoms with Crippen LogP contribution in [0.4, 0.5) is 0 Å². The fourth-order valence-corrected chi connectivity index (χ4v) is 2.79. The molecule has 0 spiro atoms. The van der Waals surface area contributed by atoms with Crippen molar-refractivity contribution in [3.05, 3.63) is 0 Å². The number of sulfone groups is 1. The van der Waals surface area contributed by atoms with Gasteiger partial charge in [0.05, 0.1) is 10.5 Å². The summed E-state index contributed by atoms with van der Waals surface area (Å²) in [5.41, 5.74) is 0. The highest BCUT2D eigenvalue weighted by molar-refractivity contribution is 14.0. The molecular formula is C15H34IN3O2S. The zero-order chi connectivity index (χ0) is 16.5. The zero-order valence-corrected chi connectivity index (χ0v) is 18.0. The Hall–Kier alpha value is -0.0500. The molecule has 5 nitrogen and oxygen atoms in total. The molecule has 0 radical (unpaired) electrons. The molecule has 1 unspecified atom stereocenters. The quantitative estimate of drug-likeness (QED) is 0.260. The summed E-state index contributed by atoms with van der Waals surface area (Å²) in [4.78, 5) is 4.14. The molecule has 0 rings (SSSR count). The van der Waals surface area contributed by atoms with Crippen LogP contribution in [0, 0.1) is 0 Å². The van der Waals surface area contributed by atoms with Gasteiger partial charge in [-0.15, -0.1) is 24.0 Å². The SMILES string of the molecule is CCCCCC(C)NC(=NC)NCCS(=O)(=O)C(C)(C)C.I. The minimum Gasteiger partial charge on any atom is -0.355 e. The van der Waals surface area contributed by atoms with Gasteiger partial charge in [-0.1, -0.05) is 26.2 Å². The van der Waals surface area contributed by atoms with E-state index in [-0.39, 0.29) is 29.7 Å². The van der Waals surface area contributed by atoms with Crippen molar-refractivity contribution >= 4 is 39.8 Å². The summed E-state index contributed by atoms with van der Waals surface area (Å²) in [6.07, 6.45) is 4.74. The number of nitrogens with one attached hydrogen (secondary N) is 2. The first-order chi connectivity index (χ1) is 9.64. The Kier molecular flexibility index (Phi) is 12.6. The van der Waals surface area contributed by atoms with Gasteiger partial charge in [-0.3, -0.25) is 4.99 Å². The molecule has 0 aromatic carbocycles. The molecule has 0 fully saturated rings. The second-order valence-corrected chi connectivity index (χ2v) is 9.33. The van der Waals surface area contributed by atoms with E-state index in [1.165, 1.54) is 19.3 Å². The van der Waals surface area contributed by atoms with Gasteiger partial charge in [0.25, 0.3) is 0 Å². The summed E-state index contributed by atoms with van der Waals surface area (Å²) in [7, 11) is -1.39. The van der Waals surface area contributed by atoms with E-state index in [1.807, 2.05) is 0 Å². The first kappa shape index (κ1) is 24.2. The Labute approximate surface area is 154 Å². The van der Waals surface area contributed by atoms with Crippen molar-refractivity contribution in [2.75, 3.05) is 19.3 Å². The Morgan fingerprint density at radius 1 is 1.23 bits per heavy atom. The topological polar surface area (TPSA) is 70.6 Å². The lowest BCUT2D eigenvalue weighted by atomic mass is 10.1. The fraction of sp³-hybridized carbons (Fsp3) is 0.933. The van der Waals surface area contributed by atoms with Crippen LogP contribution in [0.2, 0.25) is 0 Å². The predicted octanol–water partition coefficient (Wildman–Crippen LogP) is 2.95. The van der Waals surface area contributed by atoms with E-state index >= 15 is 0 Å². The van der Waals surface area contributed by atoms with Gasteiger partial charge in [0.15, 0.2) is 15.8 Å². The van der Waals surface area contributed by atoms with Crippen molar-refractivity contribution < 1.29 is 8.42 Å². The lowest BCUT2D eigenvalue weighted by molar-refractivity contribution is 0.546. The molecule has 0 amide bonds. The predicted molar refractivity (Wildman–Crippen MR) is 107 cm³/mol. The third-order valence-corrected chi connectivity index (χ3v) is 6.05. The van der Waals surface area contributed by atoms with Crippen LogP contribution in [-0.2, 0) is 9.84 Å². The van der Waals surface area contributed by atoms with E-state index < -0.39 is 14.6 Å². The smallest absolute Gasteiger partial charge is 0.191 e. The van der Waals surface area contributed by atoms with Crippen LogP contribution < -0.4 is 10.6 Å². The highest BCUT2D eigenvalue weighted by Crippen LogP contribution is 2.15. The molecule has 2 N–H and O–H groups in total. The normalized spacial score (nSPS) is 14.2. The van der Waals surface area contributed by atoms with Gasteiger partial charge < -0.3 is 10.6 Å². The Morgan fingerprint density at radius 2 is 1.82 bits per heavy atom. The monoisotopic (exact) mass is 447 g/mol. The number of halogens is 1. The van der Waals surface area contributed by atoms with E-state index in [2.05, 4.69) is 29.5 Å². The number of hydrogen-bond acceptors (Lipinski definition) is 3. The second kappa shape index (κ2) is 11.5. The van der Waals surface area contributed by atoms with E-state index in [1.54, 1.807) is 27.8 Å². The number of guanidine groups is 1. The van der Waals surface area contributed by atoms with E-state index in [0.29, 0.717) is 18.5 Å². The van der Waals surface area contributed by atoms with Gasteiger partial charge in [0, 0.05) is 19.6 Å². The molecule has 0 aromatic heterocycles. The van der Waals surface area contributed by atoms with Crippen molar-refractivity contribution in [1.82, 2.24) is 10.6 Å². The molecule has 22 heavy (non-hydrogen) atoms. The van der Waals surface area contributed by atoms with Gasteiger partial charge in [-0.05, 0) is 34.1 Å². The first-order valence-corrected chi connectivity index (χ1v) is 9.48. The standard InChI is InChI=1S/C15H33N3O2S.HI/c1-7-8-9-10-13(2)18-14(16-6)17-11-12-21(19,20)15(3,4)5;/h13H,7-12H2,1-6H3,(H2,16,17,18);1H. The molecule has 1 atom stereocenters. The Balaban J connectivity index is 0. The summed E-state index contributed by atoms with van der Waals surface area (Å²) in [5, 5.41) is 6.37. The number of hydrogen-bond donors (Lipinski definition) is 2. The van der Waals surface area contributed by atoms with Gasteiger partial charge >= 0.3 is 0 Å². The minimum atomic E-state index is -3.09. The summed E-state index contributed by atoms with van der Waals surface area (Å²) in [6, 6.07) is 0.335. The van der Waals surface area contributed by atoms with Crippen molar-refractivity contribution in [1.29, 1.82) is 0 Å². The highest BCUT2D eigenvalue weighted by atomic mass is 127. The molecular weight excluding hydrogens is 413 g/mol. The van der Waals surface area contributed by atoms with Crippen LogP contribution in [0.3, 0.4) is 0 Å². The Bertz CT molecular complexity index is 417. The molecule has 0 bridgehead atoms. The molecule has 0 heterocycles. The summed E-state index contributed by atoms with van der Waals surface area (Å²) >= 11 is 0. The number of nitrogens with zero attached hydrogens (tertiary/aromatic N) is 1. The first-order valence-electron chi connectivity index (χ1n) is 7.83. The molecule has 0 aliphatic carbocycles. The molecule has 0 saturated carbocycles. The van der Waals surface area contributed by atoms with Crippen LogP contribution in [0.15, 0.2) is 4.99 Å². The lowest BCUT2D eigenvalue weighted by Gasteiger charge is -2.21. The van der Waals surface area contributed by atoms with E-state index in [9.17, 15) is 8.42 Å². The lowest BCUT2D eigenvalue weighted by Crippen LogP contribution is -2.44. The van der Waals surface area contributed by atoms with Crippen LogP contribution in [0.25, 0.3) is 0 Å². The van der Waals surface area contributed by atoms with E-state index in [0.717, 1.165) is 6.42 Å². The Morgan fingerprint density at radius 3 is 2.27 bits per heavy atom. The highest BCUT2D eigenvalue weighted by Gasteiger charge is 2.28. The van der Waals surface area contributed by atoms with E-state index in [4.69, 9.17) is 0 Å². The maximum atomic E-state index is 12.0. The van der Waals surface area contributed by atoms with Gasteiger partial charge in [-0.2, -0.15) is 0 Å². The van der Waals surface area contributed by atoms with Crippen molar-refractivity contribution in [3.63, 3.8) is 0 Å². The van der Waals surface area contributed by atoms with Crippen LogP contribution >= 0.6 is 24.0 Å². The summed E-state index contributed by atoms with van der Waals surface area (Å²) < 4.78 is 23.3. The van der Waals surface area contributed by atoms with Crippen molar-refractivity contribution in [2.24, 2.45) is 4.99 Å². The van der Waals surface area contributed by atoms with Crippen molar-refractivity contribution in [2.45, 2.75) is 71.1 Å². The fourth-order valence-electron chi connectivity index (χ4n) is 1.81. The van der Waals surface area contributed by atoms with Gasteiger partial charge in [-0.25, -0.2) is 8.42 Å². The zero-order valence-electron chi connectivity index (χ0n) is 14.9. The average molecular weight is 447 g/mol. The molecule has 0 aliphatic rings. The maximum absolute atomic E-state index is 12.0. The van der Waals surface area contributed by atoms with Gasteiger partial charge in [0.2, 0.25) is 0 Å². The third-order valence-electron chi connectivity index (χ3n) is 3.44. The average Bonchev–Trinajstić information content (AvgIpc) is 2.36. The molecule has 0 aliphatic heterocycles. The van der Waals surface area contributed by atoms with Crippen LogP contribution in [0.5, 0.6) is 0 Å². The third kappa shape index (κ3) is 9.86. The molecule has 0 saturated heterocycles. The summed E-state index contributed by atoms with van der Waals surface area (Å²) in [6.45, 7) is 9.87. The molecule has 0 aromatic rings. The van der Waals surface area contributed by atoms with Crippen LogP contribution in [0.1, 0.15) is 60.3 Å². The van der Waals surface area contributed by atoms with Gasteiger partial charge in [0.1, 0.15) is 0 Å². The number of unbranched alkanes of at least 4 members (excludes halogenated alkanes) is 2. The van der Waals surface area contributed by atoms with Crippen LogP contribution in [-0.4, -0.2) is 44.5 Å². The summed E-state index contributed by atoms with van der Waals surface area (Å²) in [5.74, 6) is 0.782. The maximum Gasteiger partial charge on any atom is 0.191 e. The number of aliphatic imine (C=N–C) groups is 1. The number of rotatable bonds is 8. The largest absolute Gasteiger partial charge is 0.355 e. The van der Waals surface area contributed by atoms with Crippen molar-refractivity contribution in [3.8, 4) is 0 Å². The minimum absolute atomic E-state index is 0. The molecule has 7 heteroatoms. The molecule has 134 valence electrons.